The summed E-state index contributed by atoms with van der Waals surface area (Å²) in [4.78, 5) is 145. The zero-order chi connectivity index (χ0) is 62.5. The number of aliphatic carboxylic acids is 2. The molecule has 10 rings (SSSR count). The van der Waals surface area contributed by atoms with Gasteiger partial charge >= 0.3 is 11.9 Å². The van der Waals surface area contributed by atoms with Gasteiger partial charge in [0.2, 0.25) is 17.7 Å². The number of nitrogens with one attached hydrogen (secondary N) is 4. The van der Waals surface area contributed by atoms with Crippen molar-refractivity contribution in [3.05, 3.63) is 111 Å². The lowest BCUT2D eigenvalue weighted by Gasteiger charge is -2.24. The Balaban J connectivity index is 1.05. The highest BCUT2D eigenvalue weighted by Gasteiger charge is 2.38. The number of aryl methyl sites for hydroxylation is 1. The lowest BCUT2D eigenvalue weighted by atomic mass is 9.90. The minimum absolute atomic E-state index is 0.0163. The van der Waals surface area contributed by atoms with Crippen LogP contribution in [0.5, 0.6) is 0 Å². The number of anilines is 1. The number of hydrogen-bond acceptors (Lipinski definition) is 22. The van der Waals surface area contributed by atoms with Gasteiger partial charge in [0, 0.05) is 76.8 Å². The van der Waals surface area contributed by atoms with Crippen LogP contribution in [-0.4, -0.2) is 120 Å². The third-order valence-corrected chi connectivity index (χ3v) is 20.9. The molecule has 1 unspecified atom stereocenters. The molecule has 6 N–H and O–H groups in total. The van der Waals surface area contributed by atoms with Crippen LogP contribution in [0, 0.1) is 24.7 Å². The standard InChI is InChI=1S/C59H60N12O11S6/c1-27(2)34-19-40(72)47-29(4)87-56(69-47)36(20-43(73)60-5)63-50(77)38-24-83-52(65-38)33-14-15-35(54-67-42(26-86-54)71(17-16-45(75)76)58(79)31-12-13-32(18-31)59(80)81)62-48(33)37-23-84-55(64-37)39-25-85-57(66-39)46(28(3)30-10-8-7-9-11-30)68-44(74)21-61-51(78)49-41(22-82-6)88-53(34)70-49/h7-11,14-15,23-28,31-32,34,36,46H,12-13,16-22H2,1-6H3,(H,60,73)(H,61,78)(H,63,77)(H,68,74)(H,75,76)(H,80,81)/t28-,31+,32+,34?,36-,46-/m0/s1. The SMILES string of the molecule is CNC(=O)C[C@@H]1NC(=O)c2csc(n2)-c2ccc(-c3nc(N(CCC(=O)O)C(=O)[C@@H]4CC[C@@H](C(=O)O)C4)cs3)nc2-c2csc(n2)-c2csc(n2)[C@H]([C@@H](C)c2ccccc2)NC(=O)CNC(=O)c2nc(sc2COC)C(C(C)C)CC(=O)c2nc1sc2C. The number of pyridine rings is 1. The van der Waals surface area contributed by atoms with Gasteiger partial charge in [0.25, 0.3) is 11.8 Å². The molecule has 458 valence electrons. The van der Waals surface area contributed by atoms with Crippen LogP contribution in [0.1, 0.15) is 145 Å². The monoisotopic (exact) mass is 1300 g/mol. The first-order valence-electron chi connectivity index (χ1n) is 28.0. The van der Waals surface area contributed by atoms with Crippen molar-refractivity contribution in [2.75, 3.05) is 32.1 Å². The van der Waals surface area contributed by atoms with Crippen LogP contribution in [0.4, 0.5) is 5.82 Å². The maximum Gasteiger partial charge on any atom is 0.306 e. The second-order valence-corrected chi connectivity index (χ2v) is 27.3. The topological polar surface area (TPSA) is 328 Å². The molecule has 1 saturated carbocycles. The van der Waals surface area contributed by atoms with E-state index in [2.05, 4.69) is 21.3 Å². The Bertz CT molecular complexity index is 3940. The normalized spacial score (nSPS) is 18.7. The Labute approximate surface area is 528 Å². The average Bonchev–Trinajstić information content (AvgIpc) is 2.54. The van der Waals surface area contributed by atoms with Crippen molar-refractivity contribution in [1.82, 2.24) is 56.2 Å². The van der Waals surface area contributed by atoms with E-state index in [0.29, 0.717) is 81.0 Å². The first-order chi connectivity index (χ1) is 42.3. The molecule has 8 aromatic rings. The number of ether oxygens (including phenoxy) is 1. The van der Waals surface area contributed by atoms with Gasteiger partial charge in [-0.05, 0) is 49.8 Å². The number of hydrogen-bond donors (Lipinski definition) is 6. The van der Waals surface area contributed by atoms with Gasteiger partial charge in [-0.3, -0.25) is 43.3 Å². The predicted molar refractivity (Wildman–Crippen MR) is 335 cm³/mol. The minimum Gasteiger partial charge on any atom is -0.481 e. The van der Waals surface area contributed by atoms with Gasteiger partial charge in [-0.15, -0.1) is 68.0 Å². The smallest absolute Gasteiger partial charge is 0.306 e. The van der Waals surface area contributed by atoms with Crippen LogP contribution in [-0.2, 0) is 35.3 Å². The molecule has 5 amide bonds. The van der Waals surface area contributed by atoms with Gasteiger partial charge in [-0.2, -0.15) is 0 Å². The summed E-state index contributed by atoms with van der Waals surface area (Å²) in [5.74, 6) is -6.97. The van der Waals surface area contributed by atoms with E-state index in [0.717, 1.165) is 16.9 Å². The Morgan fingerprint density at radius 2 is 1.43 bits per heavy atom. The van der Waals surface area contributed by atoms with E-state index < -0.39 is 77.9 Å². The Morgan fingerprint density at radius 1 is 0.727 bits per heavy atom. The Morgan fingerprint density at radius 3 is 2.16 bits per heavy atom. The van der Waals surface area contributed by atoms with E-state index >= 15 is 0 Å². The molecule has 88 heavy (non-hydrogen) atoms. The van der Waals surface area contributed by atoms with Gasteiger partial charge in [0.15, 0.2) is 5.78 Å². The number of rotatable bonds is 14. The molecule has 2 aliphatic rings. The number of carbonyl (C=O) groups is 8. The van der Waals surface area contributed by atoms with E-state index in [1.807, 2.05) is 56.5 Å². The predicted octanol–water partition coefficient (Wildman–Crippen LogP) is 9.58. The number of nitrogens with zero attached hydrogens (tertiary/aromatic N) is 8. The summed E-state index contributed by atoms with van der Waals surface area (Å²) < 4.78 is 5.50. The molecule has 6 atom stereocenters. The van der Waals surface area contributed by atoms with Gasteiger partial charge in [-0.25, -0.2) is 34.9 Å². The van der Waals surface area contributed by atoms with Crippen LogP contribution < -0.4 is 26.2 Å². The van der Waals surface area contributed by atoms with Gasteiger partial charge < -0.3 is 36.2 Å². The second-order valence-electron chi connectivity index (χ2n) is 21.5. The molecule has 0 radical (unpaired) electrons. The van der Waals surface area contributed by atoms with Gasteiger partial charge in [0.05, 0.1) is 59.6 Å². The molecular weight excluding hydrogens is 1250 g/mol. The van der Waals surface area contributed by atoms with E-state index in [4.69, 9.17) is 39.6 Å². The number of fused-ring (bicyclic) bond motifs is 14. The molecule has 7 aromatic heterocycles. The molecule has 1 aliphatic heterocycles. The minimum atomic E-state index is -1.13. The maximum absolute atomic E-state index is 14.4. The molecule has 10 bridgehead atoms. The van der Waals surface area contributed by atoms with Gasteiger partial charge in [-0.1, -0.05) is 51.1 Å². The number of amides is 5. The third kappa shape index (κ3) is 14.1. The first-order valence-corrected chi connectivity index (χ1v) is 33.2. The molecular formula is C59H60N12O11S6. The summed E-state index contributed by atoms with van der Waals surface area (Å²) in [6.07, 6.45) is 0.158. The molecule has 1 fully saturated rings. The molecule has 1 aliphatic carbocycles. The fourth-order valence-electron chi connectivity index (χ4n) is 10.4. The summed E-state index contributed by atoms with van der Waals surface area (Å²) in [5, 5.41) is 40.3. The molecule has 0 spiro atoms. The van der Waals surface area contributed by atoms with Crippen molar-refractivity contribution in [3.63, 3.8) is 0 Å². The third-order valence-electron chi connectivity index (χ3n) is 15.2. The summed E-state index contributed by atoms with van der Waals surface area (Å²) >= 11 is 7.37. The maximum atomic E-state index is 14.4. The van der Waals surface area contributed by atoms with E-state index in [1.54, 1.807) is 35.2 Å². The van der Waals surface area contributed by atoms with Crippen molar-refractivity contribution in [1.29, 1.82) is 0 Å². The zero-order valence-electron chi connectivity index (χ0n) is 48.4. The van der Waals surface area contributed by atoms with Crippen molar-refractivity contribution >= 4 is 121 Å². The summed E-state index contributed by atoms with van der Waals surface area (Å²) in [6, 6.07) is 11.5. The fourth-order valence-corrected chi connectivity index (χ4v) is 16.1. The number of carbonyl (C=O) groups excluding carboxylic acids is 6. The lowest BCUT2D eigenvalue weighted by molar-refractivity contribution is -0.141. The fraction of sp³-hybridized carbons (Fsp3) is 0.373. The molecule has 8 heterocycles. The largest absolute Gasteiger partial charge is 0.481 e. The van der Waals surface area contributed by atoms with Crippen LogP contribution in [0.25, 0.3) is 43.4 Å². The molecule has 1 aromatic carbocycles. The van der Waals surface area contributed by atoms with Crippen LogP contribution >= 0.6 is 68.0 Å². The number of carboxylic acid groups (broad SMARTS) is 2. The summed E-state index contributed by atoms with van der Waals surface area (Å²) in [5.41, 5.74) is 3.26. The Kier molecular flexibility index (Phi) is 19.8. The molecule has 23 nitrogen and oxygen atoms in total. The number of Topliss-reactive ketones (excluding diaryl/α,β-unsaturated/α-hetero) is 1. The summed E-state index contributed by atoms with van der Waals surface area (Å²) in [7, 11) is 2.97. The second kappa shape index (κ2) is 27.6. The highest BCUT2D eigenvalue weighted by molar-refractivity contribution is 7.15. The number of aromatic nitrogens is 7. The highest BCUT2D eigenvalue weighted by atomic mass is 32.1. The van der Waals surface area contributed by atoms with Crippen LogP contribution in [0.2, 0.25) is 0 Å². The van der Waals surface area contributed by atoms with Crippen molar-refractivity contribution in [2.24, 2.45) is 17.8 Å². The molecule has 0 saturated heterocycles. The number of thiazole rings is 6. The zero-order valence-corrected chi connectivity index (χ0v) is 53.3. The van der Waals surface area contributed by atoms with Crippen molar-refractivity contribution in [3.8, 4) is 43.4 Å². The first kappa shape index (κ1) is 63.1. The van der Waals surface area contributed by atoms with Gasteiger partial charge in [0.1, 0.15) is 65.0 Å². The number of methoxy groups -OCH3 is 1. The Hall–Kier alpha value is -7.93. The lowest BCUT2D eigenvalue weighted by Crippen LogP contribution is -2.40. The van der Waals surface area contributed by atoms with Crippen LogP contribution in [0.3, 0.4) is 0 Å². The van der Waals surface area contributed by atoms with E-state index in [-0.39, 0.29) is 79.4 Å². The summed E-state index contributed by atoms with van der Waals surface area (Å²) in [6.45, 7) is 7.07. The van der Waals surface area contributed by atoms with E-state index in [9.17, 15) is 48.6 Å². The van der Waals surface area contributed by atoms with Crippen molar-refractivity contribution < 1.29 is 53.3 Å². The quantitative estimate of drug-likeness (QED) is 0.0590. The number of benzene rings is 1. The number of ketones is 1. The molecule has 29 heteroatoms. The van der Waals surface area contributed by atoms with Crippen LogP contribution in [0.15, 0.2) is 64.0 Å². The van der Waals surface area contributed by atoms with E-state index in [1.165, 1.54) is 75.7 Å². The highest BCUT2D eigenvalue weighted by Crippen LogP contribution is 2.42. The van der Waals surface area contributed by atoms with Crippen molar-refractivity contribution in [2.45, 2.75) is 96.7 Å². The number of carboxylic acids is 2. The average molecular weight is 1310 g/mol.